The van der Waals surface area contributed by atoms with Gasteiger partial charge < -0.3 is 9.84 Å². The van der Waals surface area contributed by atoms with Gasteiger partial charge in [0.15, 0.2) is 0 Å². The van der Waals surface area contributed by atoms with Crippen molar-refractivity contribution in [1.82, 2.24) is 0 Å². The highest BCUT2D eigenvalue weighted by atomic mass is 16.5. The summed E-state index contributed by atoms with van der Waals surface area (Å²) in [4.78, 5) is 0. The van der Waals surface area contributed by atoms with Gasteiger partial charge in [0.25, 0.3) is 0 Å². The van der Waals surface area contributed by atoms with Crippen molar-refractivity contribution in [3.05, 3.63) is 48.0 Å². The molecule has 1 fully saturated rings. The first-order chi connectivity index (χ1) is 8.72. The van der Waals surface area contributed by atoms with Crippen LogP contribution in [0.3, 0.4) is 0 Å². The molecule has 0 spiro atoms. The molecule has 1 N–H and O–H groups in total. The average molecular weight is 240 g/mol. The van der Waals surface area contributed by atoms with E-state index in [0.717, 1.165) is 35.3 Å². The van der Waals surface area contributed by atoms with Crippen LogP contribution in [-0.2, 0) is 0 Å². The van der Waals surface area contributed by atoms with Crippen molar-refractivity contribution < 1.29 is 9.84 Å². The van der Waals surface area contributed by atoms with Crippen LogP contribution in [0.15, 0.2) is 42.5 Å². The number of hydrogen-bond acceptors (Lipinski definition) is 2. The van der Waals surface area contributed by atoms with Crippen molar-refractivity contribution in [3.8, 4) is 22.6 Å². The normalized spacial score (nSPS) is 14.5. The zero-order valence-electron chi connectivity index (χ0n) is 10.4. The van der Waals surface area contributed by atoms with Gasteiger partial charge in [-0.3, -0.25) is 0 Å². The topological polar surface area (TPSA) is 29.5 Å². The Morgan fingerprint density at radius 1 is 1.11 bits per heavy atom. The number of benzene rings is 2. The summed E-state index contributed by atoms with van der Waals surface area (Å²) >= 11 is 0. The molecule has 0 aliphatic heterocycles. The highest BCUT2D eigenvalue weighted by molar-refractivity contribution is 5.71. The van der Waals surface area contributed by atoms with Gasteiger partial charge in [0.1, 0.15) is 11.5 Å². The van der Waals surface area contributed by atoms with Gasteiger partial charge in [0.05, 0.1) is 6.10 Å². The molecule has 2 aromatic rings. The van der Waals surface area contributed by atoms with Crippen molar-refractivity contribution in [2.75, 3.05) is 0 Å². The predicted octanol–water partition coefficient (Wildman–Crippen LogP) is 3.91. The summed E-state index contributed by atoms with van der Waals surface area (Å²) in [6.45, 7) is 2.02. The number of rotatable bonds is 3. The zero-order chi connectivity index (χ0) is 12.5. The number of hydrogen-bond donors (Lipinski definition) is 1. The highest BCUT2D eigenvalue weighted by Crippen LogP contribution is 2.33. The van der Waals surface area contributed by atoms with Crippen LogP contribution in [0, 0.1) is 6.92 Å². The van der Waals surface area contributed by atoms with E-state index >= 15 is 0 Å². The minimum atomic E-state index is 0.309. The molecule has 18 heavy (non-hydrogen) atoms. The number of phenolic OH excluding ortho intramolecular Hbond substituents is 1. The second-order valence-corrected chi connectivity index (χ2v) is 4.87. The summed E-state index contributed by atoms with van der Waals surface area (Å²) < 4.78 is 5.78. The summed E-state index contributed by atoms with van der Waals surface area (Å²) in [5.74, 6) is 1.19. The molecule has 0 saturated heterocycles. The third kappa shape index (κ3) is 2.33. The minimum Gasteiger partial charge on any atom is -0.507 e. The molecule has 1 aliphatic rings. The second-order valence-electron chi connectivity index (χ2n) is 4.87. The quantitative estimate of drug-likeness (QED) is 0.881. The molecule has 1 aliphatic carbocycles. The molecule has 0 unspecified atom stereocenters. The van der Waals surface area contributed by atoms with E-state index in [4.69, 9.17) is 4.74 Å². The van der Waals surface area contributed by atoms with Crippen LogP contribution in [0.5, 0.6) is 11.5 Å². The number of aryl methyl sites for hydroxylation is 1. The Morgan fingerprint density at radius 3 is 2.72 bits per heavy atom. The van der Waals surface area contributed by atoms with Crippen molar-refractivity contribution in [1.29, 1.82) is 0 Å². The molecule has 0 bridgehead atoms. The Bertz CT molecular complexity index is 571. The first kappa shape index (κ1) is 11.1. The Hall–Kier alpha value is -1.96. The van der Waals surface area contributed by atoms with Gasteiger partial charge in [-0.25, -0.2) is 0 Å². The maximum Gasteiger partial charge on any atom is 0.123 e. The third-order valence-corrected chi connectivity index (χ3v) is 3.12. The Morgan fingerprint density at radius 2 is 1.94 bits per heavy atom. The molecule has 0 amide bonds. The van der Waals surface area contributed by atoms with Crippen LogP contribution in [-0.4, -0.2) is 11.2 Å². The molecule has 0 radical (unpaired) electrons. The summed E-state index contributed by atoms with van der Waals surface area (Å²) in [6.07, 6.45) is 2.70. The minimum absolute atomic E-state index is 0.309. The molecular weight excluding hydrogens is 224 g/mol. The lowest BCUT2D eigenvalue weighted by Gasteiger charge is -2.09. The molecule has 0 heterocycles. The SMILES string of the molecule is Cc1ccc(O)c(-c2cccc(OC3CC3)c2)c1. The van der Waals surface area contributed by atoms with Crippen LogP contribution in [0.4, 0.5) is 0 Å². The second kappa shape index (κ2) is 4.37. The van der Waals surface area contributed by atoms with Crippen LogP contribution in [0.25, 0.3) is 11.1 Å². The maximum atomic E-state index is 9.93. The van der Waals surface area contributed by atoms with Gasteiger partial charge in [0, 0.05) is 5.56 Å². The van der Waals surface area contributed by atoms with E-state index in [2.05, 4.69) is 0 Å². The molecular formula is C16H16O2. The predicted molar refractivity (Wildman–Crippen MR) is 71.9 cm³/mol. The molecule has 92 valence electrons. The maximum absolute atomic E-state index is 9.93. The van der Waals surface area contributed by atoms with E-state index < -0.39 is 0 Å². The summed E-state index contributed by atoms with van der Waals surface area (Å²) in [5, 5.41) is 9.93. The lowest BCUT2D eigenvalue weighted by Crippen LogP contribution is -1.95. The standard InChI is InChI=1S/C16H16O2/c1-11-5-8-16(17)15(9-11)12-3-2-4-14(10-12)18-13-6-7-13/h2-5,8-10,13,17H,6-7H2,1H3. The fourth-order valence-electron chi connectivity index (χ4n) is 2.00. The van der Waals surface area contributed by atoms with Gasteiger partial charge in [-0.1, -0.05) is 23.8 Å². The van der Waals surface area contributed by atoms with Gasteiger partial charge in [-0.2, -0.15) is 0 Å². The van der Waals surface area contributed by atoms with E-state index in [1.807, 2.05) is 43.3 Å². The Kier molecular flexibility index (Phi) is 2.71. The molecule has 2 aromatic carbocycles. The van der Waals surface area contributed by atoms with E-state index in [1.165, 1.54) is 0 Å². The van der Waals surface area contributed by atoms with Crippen LogP contribution < -0.4 is 4.74 Å². The van der Waals surface area contributed by atoms with E-state index in [9.17, 15) is 5.11 Å². The summed E-state index contributed by atoms with van der Waals surface area (Å²) in [7, 11) is 0. The van der Waals surface area contributed by atoms with E-state index in [0.29, 0.717) is 11.9 Å². The van der Waals surface area contributed by atoms with Crippen LogP contribution >= 0.6 is 0 Å². The van der Waals surface area contributed by atoms with Crippen LogP contribution in [0.2, 0.25) is 0 Å². The van der Waals surface area contributed by atoms with Gasteiger partial charge in [0.2, 0.25) is 0 Å². The Balaban J connectivity index is 1.96. The fourth-order valence-corrected chi connectivity index (χ4v) is 2.00. The lowest BCUT2D eigenvalue weighted by atomic mass is 10.0. The lowest BCUT2D eigenvalue weighted by molar-refractivity contribution is 0.303. The van der Waals surface area contributed by atoms with Crippen LogP contribution in [0.1, 0.15) is 18.4 Å². The van der Waals surface area contributed by atoms with Gasteiger partial charge in [-0.05, 0) is 49.6 Å². The average Bonchev–Trinajstić information content (AvgIpc) is 3.16. The van der Waals surface area contributed by atoms with Crippen molar-refractivity contribution in [2.45, 2.75) is 25.9 Å². The molecule has 2 heteroatoms. The fraction of sp³-hybridized carbons (Fsp3) is 0.250. The Labute approximate surface area is 107 Å². The molecule has 1 saturated carbocycles. The zero-order valence-corrected chi connectivity index (χ0v) is 10.4. The van der Waals surface area contributed by atoms with Crippen molar-refractivity contribution >= 4 is 0 Å². The smallest absolute Gasteiger partial charge is 0.123 e. The van der Waals surface area contributed by atoms with Gasteiger partial charge >= 0.3 is 0 Å². The molecule has 0 atom stereocenters. The summed E-state index contributed by atoms with van der Waals surface area (Å²) in [6, 6.07) is 13.6. The van der Waals surface area contributed by atoms with Crippen molar-refractivity contribution in [3.63, 3.8) is 0 Å². The highest BCUT2D eigenvalue weighted by Gasteiger charge is 2.23. The molecule has 3 rings (SSSR count). The van der Waals surface area contributed by atoms with Gasteiger partial charge in [-0.15, -0.1) is 0 Å². The first-order valence-corrected chi connectivity index (χ1v) is 6.29. The first-order valence-electron chi connectivity index (χ1n) is 6.29. The number of ether oxygens (including phenoxy) is 1. The number of phenols is 1. The van der Waals surface area contributed by atoms with E-state index in [1.54, 1.807) is 6.07 Å². The third-order valence-electron chi connectivity index (χ3n) is 3.12. The monoisotopic (exact) mass is 240 g/mol. The van der Waals surface area contributed by atoms with E-state index in [-0.39, 0.29) is 0 Å². The molecule has 2 nitrogen and oxygen atoms in total. The number of aromatic hydroxyl groups is 1. The summed E-state index contributed by atoms with van der Waals surface area (Å²) in [5.41, 5.74) is 2.99. The molecule has 0 aromatic heterocycles. The van der Waals surface area contributed by atoms with Crippen molar-refractivity contribution in [2.24, 2.45) is 0 Å². The largest absolute Gasteiger partial charge is 0.507 e.